The number of carbonyl (C=O) groups is 1. The van der Waals surface area contributed by atoms with E-state index >= 15 is 0 Å². The number of carbonyl (C=O) groups excluding carboxylic acids is 1. The third-order valence-electron chi connectivity index (χ3n) is 3.43. The van der Waals surface area contributed by atoms with E-state index in [2.05, 4.69) is 19.2 Å². The number of aryl methyl sites for hydroxylation is 1. The molecule has 1 aromatic carbocycles. The van der Waals surface area contributed by atoms with Crippen LogP contribution in [0.3, 0.4) is 0 Å². The Morgan fingerprint density at radius 1 is 1.29 bits per heavy atom. The van der Waals surface area contributed by atoms with Crippen LogP contribution in [0, 0.1) is 5.92 Å². The summed E-state index contributed by atoms with van der Waals surface area (Å²) in [6.45, 7) is 4.78. The predicted octanol–water partition coefficient (Wildman–Crippen LogP) is 2.51. The van der Waals surface area contributed by atoms with Crippen LogP contribution in [-0.2, 0) is 11.2 Å². The lowest BCUT2D eigenvalue weighted by Gasteiger charge is -2.18. The van der Waals surface area contributed by atoms with Crippen LogP contribution < -0.4 is 15.8 Å². The molecule has 0 heterocycles. The number of hydrogen-bond donors (Lipinski definition) is 2. The van der Waals surface area contributed by atoms with Crippen molar-refractivity contribution >= 4 is 5.91 Å². The van der Waals surface area contributed by atoms with Crippen molar-refractivity contribution in [1.82, 2.24) is 5.32 Å². The molecule has 1 atom stereocenters. The number of nitrogens with one attached hydrogen (secondary N) is 1. The maximum Gasteiger partial charge on any atom is 0.220 e. The molecule has 0 aromatic heterocycles. The van der Waals surface area contributed by atoms with Gasteiger partial charge in [0.2, 0.25) is 5.91 Å². The minimum atomic E-state index is 0.0958. The van der Waals surface area contributed by atoms with Crippen molar-refractivity contribution in [3.63, 3.8) is 0 Å². The minimum absolute atomic E-state index is 0.0958. The standard InChI is InChI=1S/C17H28N2O2/c1-13(2)11-15(12-18)19-17(20)6-4-5-14-7-9-16(21-3)10-8-14/h7-10,13,15H,4-6,11-12,18H2,1-3H3,(H,19,20). The van der Waals surface area contributed by atoms with E-state index in [0.29, 0.717) is 18.9 Å². The zero-order valence-electron chi connectivity index (χ0n) is 13.4. The first-order chi connectivity index (χ1) is 10.0. The molecule has 1 aromatic rings. The Hall–Kier alpha value is -1.55. The van der Waals surface area contributed by atoms with Crippen molar-refractivity contribution in [3.05, 3.63) is 29.8 Å². The maximum atomic E-state index is 11.9. The van der Waals surface area contributed by atoms with E-state index in [4.69, 9.17) is 10.5 Å². The van der Waals surface area contributed by atoms with Crippen LogP contribution in [0.25, 0.3) is 0 Å². The second kappa shape index (κ2) is 9.40. The van der Waals surface area contributed by atoms with Gasteiger partial charge in [-0.3, -0.25) is 4.79 Å². The number of benzene rings is 1. The van der Waals surface area contributed by atoms with Gasteiger partial charge in [0, 0.05) is 19.0 Å². The number of hydrogen-bond acceptors (Lipinski definition) is 3. The lowest BCUT2D eigenvalue weighted by atomic mass is 10.0. The minimum Gasteiger partial charge on any atom is -0.497 e. The summed E-state index contributed by atoms with van der Waals surface area (Å²) in [6, 6.07) is 8.07. The van der Waals surface area contributed by atoms with Gasteiger partial charge < -0.3 is 15.8 Å². The topological polar surface area (TPSA) is 64.3 Å². The quantitative estimate of drug-likeness (QED) is 0.735. The third-order valence-corrected chi connectivity index (χ3v) is 3.43. The van der Waals surface area contributed by atoms with Gasteiger partial charge in [0.15, 0.2) is 0 Å². The molecule has 0 spiro atoms. The van der Waals surface area contributed by atoms with E-state index in [9.17, 15) is 4.79 Å². The molecule has 1 rings (SSSR count). The molecule has 3 N–H and O–H groups in total. The summed E-state index contributed by atoms with van der Waals surface area (Å²) in [7, 11) is 1.66. The molecule has 4 nitrogen and oxygen atoms in total. The second-order valence-corrected chi connectivity index (χ2v) is 5.83. The monoisotopic (exact) mass is 292 g/mol. The highest BCUT2D eigenvalue weighted by molar-refractivity contribution is 5.76. The van der Waals surface area contributed by atoms with Crippen molar-refractivity contribution in [2.24, 2.45) is 11.7 Å². The molecule has 118 valence electrons. The average Bonchev–Trinajstić information content (AvgIpc) is 2.46. The van der Waals surface area contributed by atoms with Crippen LogP contribution in [0.1, 0.15) is 38.7 Å². The van der Waals surface area contributed by atoms with Crippen LogP contribution in [0.15, 0.2) is 24.3 Å². The number of methoxy groups -OCH3 is 1. The molecule has 0 aliphatic rings. The Balaban J connectivity index is 2.28. The molecule has 0 aliphatic carbocycles. The second-order valence-electron chi connectivity index (χ2n) is 5.83. The largest absolute Gasteiger partial charge is 0.497 e. The van der Waals surface area contributed by atoms with Gasteiger partial charge in [0.25, 0.3) is 0 Å². The maximum absolute atomic E-state index is 11.9. The fourth-order valence-corrected chi connectivity index (χ4v) is 2.33. The van der Waals surface area contributed by atoms with Gasteiger partial charge in [-0.25, -0.2) is 0 Å². The Morgan fingerprint density at radius 3 is 2.48 bits per heavy atom. The van der Waals surface area contributed by atoms with Crippen molar-refractivity contribution in [2.45, 2.75) is 45.6 Å². The molecular weight excluding hydrogens is 264 g/mol. The van der Waals surface area contributed by atoms with Crippen LogP contribution in [0.5, 0.6) is 5.75 Å². The smallest absolute Gasteiger partial charge is 0.220 e. The summed E-state index contributed by atoms with van der Waals surface area (Å²) < 4.78 is 5.12. The summed E-state index contributed by atoms with van der Waals surface area (Å²) in [5.41, 5.74) is 6.91. The Morgan fingerprint density at radius 2 is 1.95 bits per heavy atom. The van der Waals surface area contributed by atoms with Gasteiger partial charge >= 0.3 is 0 Å². The van der Waals surface area contributed by atoms with Crippen molar-refractivity contribution in [1.29, 1.82) is 0 Å². The fraction of sp³-hybridized carbons (Fsp3) is 0.588. The van der Waals surface area contributed by atoms with Gasteiger partial charge in [-0.05, 0) is 42.9 Å². The number of rotatable bonds is 9. The first-order valence-corrected chi connectivity index (χ1v) is 7.67. The van der Waals surface area contributed by atoms with Gasteiger partial charge in [-0.1, -0.05) is 26.0 Å². The van der Waals surface area contributed by atoms with Gasteiger partial charge in [0.1, 0.15) is 5.75 Å². The molecule has 1 unspecified atom stereocenters. The zero-order valence-corrected chi connectivity index (χ0v) is 13.4. The van der Waals surface area contributed by atoms with E-state index in [0.717, 1.165) is 25.0 Å². The average molecular weight is 292 g/mol. The number of nitrogens with two attached hydrogens (primary N) is 1. The third kappa shape index (κ3) is 7.14. The van der Waals surface area contributed by atoms with Crippen LogP contribution in [0.2, 0.25) is 0 Å². The van der Waals surface area contributed by atoms with Crippen LogP contribution in [0.4, 0.5) is 0 Å². The van der Waals surface area contributed by atoms with E-state index in [1.54, 1.807) is 7.11 Å². The number of amides is 1. The Bertz CT molecular complexity index is 415. The van der Waals surface area contributed by atoms with Crippen molar-refractivity contribution < 1.29 is 9.53 Å². The molecule has 0 radical (unpaired) electrons. The highest BCUT2D eigenvalue weighted by Crippen LogP contribution is 2.13. The molecule has 1 amide bonds. The van der Waals surface area contributed by atoms with E-state index < -0.39 is 0 Å². The lowest BCUT2D eigenvalue weighted by molar-refractivity contribution is -0.121. The normalized spacial score (nSPS) is 12.2. The number of ether oxygens (including phenoxy) is 1. The molecular formula is C17H28N2O2. The molecule has 0 bridgehead atoms. The highest BCUT2D eigenvalue weighted by atomic mass is 16.5. The van der Waals surface area contributed by atoms with E-state index in [1.807, 2.05) is 24.3 Å². The molecule has 0 saturated carbocycles. The summed E-state index contributed by atoms with van der Waals surface area (Å²) in [5, 5.41) is 3.02. The van der Waals surface area contributed by atoms with Crippen LogP contribution in [-0.4, -0.2) is 25.6 Å². The first-order valence-electron chi connectivity index (χ1n) is 7.67. The zero-order chi connectivity index (χ0) is 15.7. The van der Waals surface area contributed by atoms with Gasteiger partial charge in [-0.2, -0.15) is 0 Å². The summed E-state index contributed by atoms with van der Waals surface area (Å²) >= 11 is 0. The fourth-order valence-electron chi connectivity index (χ4n) is 2.33. The van der Waals surface area contributed by atoms with Crippen molar-refractivity contribution in [3.8, 4) is 5.75 Å². The Kier molecular flexibility index (Phi) is 7.83. The first kappa shape index (κ1) is 17.5. The highest BCUT2D eigenvalue weighted by Gasteiger charge is 2.12. The van der Waals surface area contributed by atoms with Gasteiger partial charge in [-0.15, -0.1) is 0 Å². The predicted molar refractivity (Wildman–Crippen MR) is 86.4 cm³/mol. The van der Waals surface area contributed by atoms with Crippen LogP contribution >= 0.6 is 0 Å². The molecule has 0 saturated heterocycles. The molecule has 0 aliphatic heterocycles. The summed E-state index contributed by atoms with van der Waals surface area (Å²) in [5.74, 6) is 1.49. The SMILES string of the molecule is COc1ccc(CCCC(=O)NC(CN)CC(C)C)cc1. The molecule has 0 fully saturated rings. The van der Waals surface area contributed by atoms with E-state index in [-0.39, 0.29) is 11.9 Å². The lowest BCUT2D eigenvalue weighted by Crippen LogP contribution is -2.40. The summed E-state index contributed by atoms with van der Waals surface area (Å²) in [6.07, 6.45) is 3.22. The summed E-state index contributed by atoms with van der Waals surface area (Å²) in [4.78, 5) is 11.9. The molecule has 4 heteroatoms. The van der Waals surface area contributed by atoms with Gasteiger partial charge in [0.05, 0.1) is 7.11 Å². The van der Waals surface area contributed by atoms with E-state index in [1.165, 1.54) is 5.56 Å². The van der Waals surface area contributed by atoms with Crippen molar-refractivity contribution in [2.75, 3.05) is 13.7 Å². The Labute approximate surface area is 128 Å². The molecule has 21 heavy (non-hydrogen) atoms.